The first-order valence-electron chi connectivity index (χ1n) is 8.25. The van der Waals surface area contributed by atoms with Crippen LogP contribution < -0.4 is 0 Å². The number of rotatable bonds is 7. The fraction of sp³-hybridized carbons (Fsp3) is 0.389. The van der Waals surface area contributed by atoms with Crippen LogP contribution in [0.1, 0.15) is 46.6 Å². The highest BCUT2D eigenvalue weighted by atomic mass is 32.1. The van der Waals surface area contributed by atoms with Crippen LogP contribution in [0.4, 0.5) is 0 Å². The Morgan fingerprint density at radius 2 is 2.12 bits per heavy atom. The highest BCUT2D eigenvalue weighted by molar-refractivity contribution is 7.10. The van der Waals surface area contributed by atoms with E-state index in [0.717, 1.165) is 30.5 Å². The van der Waals surface area contributed by atoms with Crippen LogP contribution in [0, 0.1) is 6.92 Å². The zero-order chi connectivity index (χ0) is 16.4. The Hall–Kier alpha value is -2.05. The summed E-state index contributed by atoms with van der Waals surface area (Å²) in [6.45, 7) is 4.47. The molecule has 0 amide bonds. The fourth-order valence-corrected chi connectivity index (χ4v) is 3.63. The monoisotopic (exact) mass is 340 g/mol. The van der Waals surface area contributed by atoms with Crippen LogP contribution in [0.2, 0.25) is 0 Å². The second-order valence-corrected chi connectivity index (χ2v) is 7.32. The topological polar surface area (TPSA) is 55.1 Å². The van der Waals surface area contributed by atoms with Gasteiger partial charge in [-0.1, -0.05) is 11.2 Å². The minimum Gasteiger partial charge on any atom is -0.339 e. The normalized spacial score (nSPS) is 14.4. The van der Waals surface area contributed by atoms with Crippen molar-refractivity contribution >= 4 is 11.3 Å². The van der Waals surface area contributed by atoms with Gasteiger partial charge in [0, 0.05) is 30.1 Å². The predicted octanol–water partition coefficient (Wildman–Crippen LogP) is 3.91. The molecule has 0 radical (unpaired) electrons. The van der Waals surface area contributed by atoms with Gasteiger partial charge in [-0.05, 0) is 48.9 Å². The van der Waals surface area contributed by atoms with Crippen LogP contribution in [0.5, 0.6) is 0 Å². The SMILES string of the molecule is Cc1ccsc1CN(Cc1ccccn1)Cc1noc(C2CC2)n1. The molecule has 0 atom stereocenters. The van der Waals surface area contributed by atoms with Crippen molar-refractivity contribution in [2.45, 2.75) is 45.3 Å². The van der Waals surface area contributed by atoms with Gasteiger partial charge in [0.2, 0.25) is 5.89 Å². The minimum absolute atomic E-state index is 0.495. The lowest BCUT2D eigenvalue weighted by Crippen LogP contribution is -2.23. The van der Waals surface area contributed by atoms with E-state index < -0.39 is 0 Å². The maximum atomic E-state index is 5.40. The van der Waals surface area contributed by atoms with Crippen molar-refractivity contribution in [3.63, 3.8) is 0 Å². The zero-order valence-corrected chi connectivity index (χ0v) is 14.5. The Kier molecular flexibility index (Phi) is 4.40. The molecule has 24 heavy (non-hydrogen) atoms. The van der Waals surface area contributed by atoms with Crippen molar-refractivity contribution in [3.8, 4) is 0 Å². The first-order valence-corrected chi connectivity index (χ1v) is 9.13. The van der Waals surface area contributed by atoms with Crippen LogP contribution >= 0.6 is 11.3 Å². The van der Waals surface area contributed by atoms with Gasteiger partial charge in [0.05, 0.1) is 12.2 Å². The smallest absolute Gasteiger partial charge is 0.229 e. The van der Waals surface area contributed by atoms with E-state index in [0.29, 0.717) is 12.5 Å². The molecule has 3 aromatic rings. The molecule has 0 N–H and O–H groups in total. The summed E-state index contributed by atoms with van der Waals surface area (Å²) in [5, 5.41) is 6.31. The lowest BCUT2D eigenvalue weighted by atomic mass is 10.2. The summed E-state index contributed by atoms with van der Waals surface area (Å²) >= 11 is 1.79. The van der Waals surface area contributed by atoms with Gasteiger partial charge in [0.15, 0.2) is 5.82 Å². The van der Waals surface area contributed by atoms with Gasteiger partial charge in [-0.2, -0.15) is 4.98 Å². The summed E-state index contributed by atoms with van der Waals surface area (Å²) in [6.07, 6.45) is 4.19. The molecular weight excluding hydrogens is 320 g/mol. The predicted molar refractivity (Wildman–Crippen MR) is 92.5 cm³/mol. The molecule has 5 nitrogen and oxygen atoms in total. The number of thiophene rings is 1. The molecule has 0 aromatic carbocycles. The van der Waals surface area contributed by atoms with Gasteiger partial charge < -0.3 is 4.52 Å². The van der Waals surface area contributed by atoms with E-state index >= 15 is 0 Å². The Labute approximate surface area is 145 Å². The van der Waals surface area contributed by atoms with Gasteiger partial charge >= 0.3 is 0 Å². The quantitative estimate of drug-likeness (QED) is 0.652. The zero-order valence-electron chi connectivity index (χ0n) is 13.7. The average Bonchev–Trinajstić information content (AvgIpc) is 3.22. The van der Waals surface area contributed by atoms with Crippen molar-refractivity contribution in [1.29, 1.82) is 0 Å². The third kappa shape index (κ3) is 3.71. The number of pyridine rings is 1. The largest absolute Gasteiger partial charge is 0.339 e. The van der Waals surface area contributed by atoms with Gasteiger partial charge in [-0.3, -0.25) is 9.88 Å². The molecule has 0 bridgehead atoms. The average molecular weight is 340 g/mol. The maximum Gasteiger partial charge on any atom is 0.229 e. The molecule has 1 aliphatic rings. The second-order valence-electron chi connectivity index (χ2n) is 6.32. The number of aryl methyl sites for hydroxylation is 1. The van der Waals surface area contributed by atoms with Crippen molar-refractivity contribution < 1.29 is 4.52 Å². The Balaban J connectivity index is 1.50. The third-order valence-corrected chi connectivity index (χ3v) is 5.23. The molecule has 4 rings (SSSR count). The molecule has 1 saturated carbocycles. The van der Waals surface area contributed by atoms with Crippen LogP contribution in [0.3, 0.4) is 0 Å². The fourth-order valence-electron chi connectivity index (χ4n) is 2.69. The first kappa shape index (κ1) is 15.5. The number of hydrogen-bond donors (Lipinski definition) is 0. The van der Waals surface area contributed by atoms with Crippen molar-refractivity contribution in [1.82, 2.24) is 20.0 Å². The van der Waals surface area contributed by atoms with Gasteiger partial charge in [-0.15, -0.1) is 11.3 Å². The van der Waals surface area contributed by atoms with Gasteiger partial charge in [-0.25, -0.2) is 0 Å². The van der Waals surface area contributed by atoms with E-state index in [2.05, 4.69) is 44.5 Å². The summed E-state index contributed by atoms with van der Waals surface area (Å²) < 4.78 is 5.40. The Morgan fingerprint density at radius 3 is 2.83 bits per heavy atom. The summed E-state index contributed by atoms with van der Waals surface area (Å²) in [6, 6.07) is 8.19. The molecule has 3 heterocycles. The van der Waals surface area contributed by atoms with E-state index in [-0.39, 0.29) is 0 Å². The minimum atomic E-state index is 0.495. The van der Waals surface area contributed by atoms with Crippen molar-refractivity contribution in [3.05, 3.63) is 63.7 Å². The highest BCUT2D eigenvalue weighted by Gasteiger charge is 2.29. The number of nitrogens with zero attached hydrogens (tertiary/aromatic N) is 4. The first-order chi connectivity index (χ1) is 11.8. The standard InChI is InChI=1S/C18H20N4OS/c1-13-7-9-24-16(13)11-22(10-15-4-2-3-8-19-15)12-17-20-18(23-21-17)14-5-6-14/h2-4,7-9,14H,5-6,10-12H2,1H3. The lowest BCUT2D eigenvalue weighted by molar-refractivity contribution is 0.236. The molecule has 1 aliphatic carbocycles. The second kappa shape index (κ2) is 6.83. The van der Waals surface area contributed by atoms with E-state index in [1.54, 1.807) is 11.3 Å². The Morgan fingerprint density at radius 1 is 1.21 bits per heavy atom. The Bertz CT molecular complexity index is 794. The summed E-state index contributed by atoms with van der Waals surface area (Å²) in [5.41, 5.74) is 2.38. The maximum absolute atomic E-state index is 5.40. The highest BCUT2D eigenvalue weighted by Crippen LogP contribution is 2.38. The summed E-state index contributed by atoms with van der Waals surface area (Å²) in [4.78, 5) is 12.7. The lowest BCUT2D eigenvalue weighted by Gasteiger charge is -2.20. The molecule has 1 fully saturated rings. The number of hydrogen-bond acceptors (Lipinski definition) is 6. The van der Waals surface area contributed by atoms with Crippen LogP contribution in [-0.2, 0) is 19.6 Å². The molecule has 0 unspecified atom stereocenters. The van der Waals surface area contributed by atoms with Crippen LogP contribution in [-0.4, -0.2) is 20.0 Å². The molecule has 3 aromatic heterocycles. The van der Waals surface area contributed by atoms with E-state index in [1.165, 1.54) is 23.3 Å². The molecule has 6 heteroatoms. The summed E-state index contributed by atoms with van der Waals surface area (Å²) in [5.74, 6) is 2.06. The van der Waals surface area contributed by atoms with Crippen LogP contribution in [0.15, 0.2) is 40.4 Å². The molecule has 0 saturated heterocycles. The molecular formula is C18H20N4OS. The van der Waals surface area contributed by atoms with E-state index in [4.69, 9.17) is 4.52 Å². The van der Waals surface area contributed by atoms with E-state index in [9.17, 15) is 0 Å². The van der Waals surface area contributed by atoms with Crippen LogP contribution in [0.25, 0.3) is 0 Å². The van der Waals surface area contributed by atoms with Crippen molar-refractivity contribution in [2.75, 3.05) is 0 Å². The van der Waals surface area contributed by atoms with Gasteiger partial charge in [0.1, 0.15) is 0 Å². The summed E-state index contributed by atoms with van der Waals surface area (Å²) in [7, 11) is 0. The van der Waals surface area contributed by atoms with Crippen molar-refractivity contribution in [2.24, 2.45) is 0 Å². The van der Waals surface area contributed by atoms with E-state index in [1.807, 2.05) is 18.3 Å². The molecule has 0 aliphatic heterocycles. The third-order valence-electron chi connectivity index (χ3n) is 4.22. The number of aromatic nitrogens is 3. The molecule has 124 valence electrons. The molecule has 0 spiro atoms. The van der Waals surface area contributed by atoms with Gasteiger partial charge in [0.25, 0.3) is 0 Å².